The molecule has 1 aliphatic rings. The maximum Gasteiger partial charge on any atom is 0.246 e. The zero-order valence-corrected chi connectivity index (χ0v) is 14.5. The Morgan fingerprint density at radius 2 is 2.09 bits per heavy atom. The highest BCUT2D eigenvalue weighted by Crippen LogP contribution is 2.31. The van der Waals surface area contributed by atoms with Gasteiger partial charge in [-0.2, -0.15) is 0 Å². The number of carbonyl (C=O) groups is 2. The molecule has 0 unspecified atom stereocenters. The van der Waals surface area contributed by atoms with Gasteiger partial charge >= 0.3 is 0 Å². The van der Waals surface area contributed by atoms with Gasteiger partial charge in [0.1, 0.15) is 5.75 Å². The molecule has 0 fully saturated rings. The molecule has 2 rings (SSSR count). The van der Waals surface area contributed by atoms with E-state index < -0.39 is 6.04 Å². The molecule has 128 valence electrons. The molecule has 3 N–H and O–H groups in total. The molecule has 1 aliphatic heterocycles. The lowest BCUT2D eigenvalue weighted by Crippen LogP contribution is -2.47. The summed E-state index contributed by atoms with van der Waals surface area (Å²) in [7, 11) is 1.62. The Bertz CT molecular complexity index is 578. The number of amides is 2. The number of halogens is 1. The van der Waals surface area contributed by atoms with Crippen molar-refractivity contribution in [3.8, 4) is 5.75 Å². The minimum absolute atomic E-state index is 0. The number of methoxy groups -OCH3 is 1. The molecule has 1 heterocycles. The van der Waals surface area contributed by atoms with Crippen molar-refractivity contribution in [1.29, 1.82) is 0 Å². The van der Waals surface area contributed by atoms with Crippen molar-refractivity contribution >= 4 is 29.9 Å². The average Bonchev–Trinajstić information content (AvgIpc) is 2.94. The minimum atomic E-state index is -0.595. The molecule has 0 radical (unpaired) electrons. The Morgan fingerprint density at radius 3 is 2.70 bits per heavy atom. The van der Waals surface area contributed by atoms with E-state index >= 15 is 0 Å². The third-order valence-electron chi connectivity index (χ3n) is 3.92. The number of nitrogens with two attached hydrogens (primary N) is 1. The highest BCUT2D eigenvalue weighted by molar-refractivity contribution is 5.98. The zero-order chi connectivity index (χ0) is 16.3. The van der Waals surface area contributed by atoms with Crippen molar-refractivity contribution in [1.82, 2.24) is 5.32 Å². The number of hydrogen-bond donors (Lipinski definition) is 2. The van der Waals surface area contributed by atoms with Gasteiger partial charge < -0.3 is 20.7 Å². The van der Waals surface area contributed by atoms with Gasteiger partial charge in [0, 0.05) is 12.2 Å². The van der Waals surface area contributed by atoms with Gasteiger partial charge in [0.15, 0.2) is 0 Å². The van der Waals surface area contributed by atoms with Gasteiger partial charge in [-0.25, -0.2) is 0 Å². The number of fused-ring (bicyclic) bond motifs is 1. The second-order valence-corrected chi connectivity index (χ2v) is 5.78. The van der Waals surface area contributed by atoms with Crippen LogP contribution in [0.1, 0.15) is 19.4 Å². The van der Waals surface area contributed by atoms with Crippen LogP contribution >= 0.6 is 12.4 Å². The second kappa shape index (κ2) is 8.17. The van der Waals surface area contributed by atoms with Gasteiger partial charge in [-0.3, -0.25) is 9.59 Å². The normalized spacial score (nSPS) is 14.0. The molecule has 23 heavy (non-hydrogen) atoms. The second-order valence-electron chi connectivity index (χ2n) is 5.78. The summed E-state index contributed by atoms with van der Waals surface area (Å²) >= 11 is 0. The molecule has 0 saturated heterocycles. The monoisotopic (exact) mass is 341 g/mol. The van der Waals surface area contributed by atoms with Crippen LogP contribution in [0.3, 0.4) is 0 Å². The maximum atomic E-state index is 12.3. The van der Waals surface area contributed by atoms with Crippen LogP contribution in [-0.4, -0.2) is 38.1 Å². The highest BCUT2D eigenvalue weighted by Gasteiger charge is 2.26. The Morgan fingerprint density at radius 1 is 1.39 bits per heavy atom. The first kappa shape index (κ1) is 19.3. The molecule has 2 amide bonds. The van der Waals surface area contributed by atoms with Crippen molar-refractivity contribution in [3.63, 3.8) is 0 Å². The number of carbonyl (C=O) groups excluding carboxylic acids is 2. The van der Waals surface area contributed by atoms with E-state index in [9.17, 15) is 9.59 Å². The molecule has 0 saturated carbocycles. The van der Waals surface area contributed by atoms with Crippen LogP contribution in [0.2, 0.25) is 0 Å². The fourth-order valence-corrected chi connectivity index (χ4v) is 2.44. The standard InChI is InChI=1S/C16H23N3O3.ClH/c1-10(2)15(17)16(21)18-9-14(20)19-7-6-11-8-12(22-3)4-5-13(11)19;/h4-5,8,10,15H,6-7,9,17H2,1-3H3,(H,18,21);1H/t15-;/m0./s1. The van der Waals surface area contributed by atoms with Crippen molar-refractivity contribution in [2.75, 3.05) is 25.1 Å². The third kappa shape index (κ3) is 4.36. The summed E-state index contributed by atoms with van der Waals surface area (Å²) in [6.45, 7) is 4.32. The minimum Gasteiger partial charge on any atom is -0.497 e. The van der Waals surface area contributed by atoms with Gasteiger partial charge in [-0.1, -0.05) is 13.8 Å². The molecule has 0 bridgehead atoms. The van der Waals surface area contributed by atoms with E-state index in [1.165, 1.54) is 0 Å². The summed E-state index contributed by atoms with van der Waals surface area (Å²) < 4.78 is 5.19. The van der Waals surface area contributed by atoms with E-state index in [-0.39, 0.29) is 36.7 Å². The molecule has 1 atom stereocenters. The number of nitrogens with one attached hydrogen (secondary N) is 1. The van der Waals surface area contributed by atoms with E-state index in [2.05, 4.69) is 5.32 Å². The van der Waals surface area contributed by atoms with Gasteiger partial charge in [-0.05, 0) is 36.1 Å². The molecule has 0 aliphatic carbocycles. The summed E-state index contributed by atoms with van der Waals surface area (Å²) in [4.78, 5) is 25.8. The third-order valence-corrected chi connectivity index (χ3v) is 3.92. The van der Waals surface area contributed by atoms with E-state index in [4.69, 9.17) is 10.5 Å². The molecule has 0 aromatic heterocycles. The zero-order valence-electron chi connectivity index (χ0n) is 13.7. The quantitative estimate of drug-likeness (QED) is 0.840. The summed E-state index contributed by atoms with van der Waals surface area (Å²) in [6, 6.07) is 5.05. The maximum absolute atomic E-state index is 12.3. The summed E-state index contributed by atoms with van der Waals surface area (Å²) in [5.74, 6) is 0.394. The number of ether oxygens (including phenoxy) is 1. The largest absolute Gasteiger partial charge is 0.497 e. The van der Waals surface area contributed by atoms with Crippen molar-refractivity contribution in [2.24, 2.45) is 11.7 Å². The fraction of sp³-hybridized carbons (Fsp3) is 0.500. The van der Waals surface area contributed by atoms with E-state index in [0.717, 1.165) is 23.4 Å². The van der Waals surface area contributed by atoms with Crippen LogP contribution in [0.4, 0.5) is 5.69 Å². The number of anilines is 1. The number of hydrogen-bond acceptors (Lipinski definition) is 4. The lowest BCUT2D eigenvalue weighted by atomic mass is 10.1. The topological polar surface area (TPSA) is 84.7 Å². The number of nitrogens with zero attached hydrogens (tertiary/aromatic N) is 1. The van der Waals surface area contributed by atoms with Crippen molar-refractivity contribution in [2.45, 2.75) is 26.3 Å². The Labute approximate surface area is 142 Å². The van der Waals surface area contributed by atoms with Gasteiger partial charge in [-0.15, -0.1) is 12.4 Å². The molecule has 1 aromatic rings. The van der Waals surface area contributed by atoms with Crippen LogP contribution in [0.5, 0.6) is 5.75 Å². The van der Waals surface area contributed by atoms with Crippen LogP contribution in [0, 0.1) is 5.92 Å². The molecular weight excluding hydrogens is 318 g/mol. The number of benzene rings is 1. The van der Waals surface area contributed by atoms with Crippen molar-refractivity contribution in [3.05, 3.63) is 23.8 Å². The Kier molecular flexibility index (Phi) is 6.84. The van der Waals surface area contributed by atoms with E-state index in [1.807, 2.05) is 32.0 Å². The Balaban J connectivity index is 0.00000264. The fourth-order valence-electron chi connectivity index (χ4n) is 2.44. The van der Waals surface area contributed by atoms with Crippen LogP contribution in [0.25, 0.3) is 0 Å². The van der Waals surface area contributed by atoms with Gasteiger partial charge in [0.05, 0.1) is 19.7 Å². The summed E-state index contributed by atoms with van der Waals surface area (Å²) in [5.41, 5.74) is 7.72. The molecule has 1 aromatic carbocycles. The lowest BCUT2D eigenvalue weighted by Gasteiger charge is -2.19. The predicted molar refractivity (Wildman–Crippen MR) is 92.1 cm³/mol. The first-order valence-corrected chi connectivity index (χ1v) is 7.44. The van der Waals surface area contributed by atoms with Crippen molar-refractivity contribution < 1.29 is 14.3 Å². The first-order valence-electron chi connectivity index (χ1n) is 7.44. The molecular formula is C16H24ClN3O3. The summed E-state index contributed by atoms with van der Waals surface area (Å²) in [5, 5.41) is 2.61. The number of rotatable bonds is 5. The first-order chi connectivity index (χ1) is 10.4. The predicted octanol–water partition coefficient (Wildman–Crippen LogP) is 1.11. The average molecular weight is 342 g/mol. The van der Waals surface area contributed by atoms with Crippen LogP contribution < -0.4 is 20.7 Å². The SMILES string of the molecule is COc1ccc2c(c1)CCN2C(=O)CNC(=O)[C@@H](N)C(C)C.Cl. The Hall–Kier alpha value is -1.79. The molecule has 0 spiro atoms. The van der Waals surface area contributed by atoms with Gasteiger partial charge in [0.2, 0.25) is 11.8 Å². The van der Waals surface area contributed by atoms with E-state index in [1.54, 1.807) is 12.0 Å². The molecule has 6 nitrogen and oxygen atoms in total. The van der Waals surface area contributed by atoms with Crippen LogP contribution in [-0.2, 0) is 16.0 Å². The van der Waals surface area contributed by atoms with Gasteiger partial charge in [0.25, 0.3) is 0 Å². The smallest absolute Gasteiger partial charge is 0.246 e. The molecule has 7 heteroatoms. The highest BCUT2D eigenvalue weighted by atomic mass is 35.5. The van der Waals surface area contributed by atoms with Crippen LogP contribution in [0.15, 0.2) is 18.2 Å². The van der Waals surface area contributed by atoms with E-state index in [0.29, 0.717) is 6.54 Å². The summed E-state index contributed by atoms with van der Waals surface area (Å²) in [6.07, 6.45) is 0.789. The lowest BCUT2D eigenvalue weighted by molar-refractivity contribution is -0.126.